The number of aromatic nitrogens is 2. The van der Waals surface area contributed by atoms with Crippen LogP contribution in [0.5, 0.6) is 5.75 Å². The van der Waals surface area contributed by atoms with Crippen LogP contribution in [0, 0.1) is 0 Å². The minimum Gasteiger partial charge on any atom is -0.497 e. The van der Waals surface area contributed by atoms with Gasteiger partial charge in [0.2, 0.25) is 0 Å². The molecular weight excluding hydrogens is 410 g/mol. The van der Waals surface area contributed by atoms with Gasteiger partial charge in [0.05, 0.1) is 7.11 Å². The van der Waals surface area contributed by atoms with Crippen molar-refractivity contribution < 1.29 is 9.53 Å². The Kier molecular flexibility index (Phi) is 6.89. The van der Waals surface area contributed by atoms with E-state index in [4.69, 9.17) is 9.72 Å². The highest BCUT2D eigenvalue weighted by atomic mass is 16.5. The van der Waals surface area contributed by atoms with E-state index < -0.39 is 0 Å². The molecule has 0 atom stereocenters. The highest BCUT2D eigenvalue weighted by Crippen LogP contribution is 2.30. The van der Waals surface area contributed by atoms with E-state index in [0.29, 0.717) is 24.5 Å². The van der Waals surface area contributed by atoms with Crippen molar-refractivity contribution in [3.63, 3.8) is 0 Å². The number of rotatable bonds is 8. The number of imidazole rings is 1. The summed E-state index contributed by atoms with van der Waals surface area (Å²) in [5.41, 5.74) is 5.40. The zero-order valence-corrected chi connectivity index (χ0v) is 19.3. The van der Waals surface area contributed by atoms with Gasteiger partial charge in [0, 0.05) is 24.2 Å². The van der Waals surface area contributed by atoms with E-state index in [-0.39, 0.29) is 5.91 Å². The second kappa shape index (κ2) is 10.2. The Balaban J connectivity index is 1.77. The molecule has 3 aromatic carbocycles. The second-order valence-electron chi connectivity index (χ2n) is 7.83. The van der Waals surface area contributed by atoms with E-state index >= 15 is 0 Å². The standard InChI is InChI=1S/C28H29N3O2/c1-4-20-11-9-15-23(17-20)25-26(28(32)29-19-21-12-10-16-24(18-21)33-3)31(5-2)27(30-25)22-13-7-6-8-14-22/h6-18H,4-5,19H2,1-3H3,(H,29,32). The number of nitrogens with zero attached hydrogens (tertiary/aromatic N) is 2. The van der Waals surface area contributed by atoms with Crippen molar-refractivity contribution >= 4 is 5.91 Å². The SMILES string of the molecule is CCc1cccc(-c2nc(-c3ccccc3)n(CC)c2C(=O)NCc2cccc(OC)c2)c1. The maximum absolute atomic E-state index is 13.5. The van der Waals surface area contributed by atoms with Crippen LogP contribution in [0.2, 0.25) is 0 Å². The Hall–Kier alpha value is -3.86. The number of hydrogen-bond donors (Lipinski definition) is 1. The Morgan fingerprint density at radius 1 is 0.909 bits per heavy atom. The highest BCUT2D eigenvalue weighted by molar-refractivity contribution is 5.99. The summed E-state index contributed by atoms with van der Waals surface area (Å²) in [6.45, 7) is 5.20. The number of amides is 1. The van der Waals surface area contributed by atoms with Crippen LogP contribution in [-0.2, 0) is 19.5 Å². The van der Waals surface area contributed by atoms with Crippen molar-refractivity contribution in [1.82, 2.24) is 14.9 Å². The molecule has 0 saturated carbocycles. The van der Waals surface area contributed by atoms with E-state index in [2.05, 4.69) is 24.4 Å². The monoisotopic (exact) mass is 439 g/mol. The number of carbonyl (C=O) groups is 1. The lowest BCUT2D eigenvalue weighted by Gasteiger charge is -2.12. The number of benzene rings is 3. The summed E-state index contributed by atoms with van der Waals surface area (Å²) in [4.78, 5) is 18.5. The lowest BCUT2D eigenvalue weighted by molar-refractivity contribution is 0.0942. The van der Waals surface area contributed by atoms with Crippen molar-refractivity contribution in [3.8, 4) is 28.4 Å². The van der Waals surface area contributed by atoms with Crippen molar-refractivity contribution in [3.05, 3.63) is 95.7 Å². The Bertz CT molecular complexity index is 1250. The van der Waals surface area contributed by atoms with E-state index in [1.807, 2.05) is 78.2 Å². The summed E-state index contributed by atoms with van der Waals surface area (Å²) in [6.07, 6.45) is 0.922. The van der Waals surface area contributed by atoms with E-state index in [1.165, 1.54) is 5.56 Å². The third kappa shape index (κ3) is 4.82. The van der Waals surface area contributed by atoms with Crippen LogP contribution in [0.1, 0.15) is 35.5 Å². The van der Waals surface area contributed by atoms with Gasteiger partial charge in [-0.3, -0.25) is 4.79 Å². The molecule has 4 aromatic rings. The first kappa shape index (κ1) is 22.3. The van der Waals surface area contributed by atoms with Crippen LogP contribution in [0.15, 0.2) is 78.9 Å². The molecule has 0 aliphatic heterocycles. The molecule has 0 fully saturated rings. The first-order valence-electron chi connectivity index (χ1n) is 11.3. The second-order valence-corrected chi connectivity index (χ2v) is 7.83. The molecule has 4 rings (SSSR count). The van der Waals surface area contributed by atoms with Crippen molar-refractivity contribution in [1.29, 1.82) is 0 Å². The Labute approximate surface area is 195 Å². The molecule has 5 heteroatoms. The summed E-state index contributed by atoms with van der Waals surface area (Å²) in [7, 11) is 1.64. The average Bonchev–Trinajstić information content (AvgIpc) is 3.28. The summed E-state index contributed by atoms with van der Waals surface area (Å²) in [6, 6.07) is 26.0. The number of aryl methyl sites for hydroxylation is 1. The number of ether oxygens (including phenoxy) is 1. The fourth-order valence-corrected chi connectivity index (χ4v) is 3.99. The third-order valence-electron chi connectivity index (χ3n) is 5.73. The van der Waals surface area contributed by atoms with Gasteiger partial charge in [-0.2, -0.15) is 0 Å². The normalized spacial score (nSPS) is 10.8. The fourth-order valence-electron chi connectivity index (χ4n) is 3.99. The third-order valence-corrected chi connectivity index (χ3v) is 5.73. The number of carbonyl (C=O) groups excluding carboxylic acids is 1. The predicted octanol–water partition coefficient (Wildman–Crippen LogP) is 5.74. The van der Waals surface area contributed by atoms with Crippen LogP contribution in [0.25, 0.3) is 22.6 Å². The van der Waals surface area contributed by atoms with Crippen LogP contribution in [-0.4, -0.2) is 22.6 Å². The Morgan fingerprint density at radius 2 is 1.64 bits per heavy atom. The quantitative estimate of drug-likeness (QED) is 0.381. The fraction of sp³-hybridized carbons (Fsp3) is 0.214. The van der Waals surface area contributed by atoms with Gasteiger partial charge in [0.25, 0.3) is 5.91 Å². The smallest absolute Gasteiger partial charge is 0.270 e. The summed E-state index contributed by atoms with van der Waals surface area (Å²) < 4.78 is 7.31. The molecule has 0 aliphatic carbocycles. The van der Waals surface area contributed by atoms with E-state index in [1.54, 1.807) is 7.11 Å². The summed E-state index contributed by atoms with van der Waals surface area (Å²) >= 11 is 0. The van der Waals surface area contributed by atoms with Gasteiger partial charge < -0.3 is 14.6 Å². The molecule has 0 aliphatic rings. The van der Waals surface area contributed by atoms with Gasteiger partial charge in [0.1, 0.15) is 23.0 Å². The lowest BCUT2D eigenvalue weighted by atomic mass is 10.0. The van der Waals surface area contributed by atoms with Gasteiger partial charge in [-0.1, -0.05) is 67.6 Å². The summed E-state index contributed by atoms with van der Waals surface area (Å²) in [5.74, 6) is 1.41. The molecule has 168 valence electrons. The molecule has 5 nitrogen and oxygen atoms in total. The molecule has 1 aromatic heterocycles. The summed E-state index contributed by atoms with van der Waals surface area (Å²) in [5, 5.41) is 3.09. The van der Waals surface area contributed by atoms with Crippen LogP contribution in [0.3, 0.4) is 0 Å². The molecule has 0 radical (unpaired) electrons. The Morgan fingerprint density at radius 3 is 2.36 bits per heavy atom. The van der Waals surface area contributed by atoms with Gasteiger partial charge >= 0.3 is 0 Å². The van der Waals surface area contributed by atoms with Gasteiger partial charge in [-0.15, -0.1) is 0 Å². The lowest BCUT2D eigenvalue weighted by Crippen LogP contribution is -2.26. The molecule has 1 heterocycles. The van der Waals surface area contributed by atoms with Gasteiger partial charge in [0.15, 0.2) is 0 Å². The molecular formula is C28H29N3O2. The van der Waals surface area contributed by atoms with E-state index in [9.17, 15) is 4.79 Å². The van der Waals surface area contributed by atoms with Gasteiger partial charge in [-0.25, -0.2) is 4.98 Å². The van der Waals surface area contributed by atoms with Crippen LogP contribution >= 0.6 is 0 Å². The number of nitrogens with one attached hydrogen (secondary N) is 1. The van der Waals surface area contributed by atoms with Crippen molar-refractivity contribution in [2.24, 2.45) is 0 Å². The minimum absolute atomic E-state index is 0.147. The molecule has 0 unspecified atom stereocenters. The average molecular weight is 440 g/mol. The van der Waals surface area contributed by atoms with Crippen LogP contribution < -0.4 is 10.1 Å². The maximum atomic E-state index is 13.5. The first-order chi connectivity index (χ1) is 16.1. The van der Waals surface area contributed by atoms with E-state index in [0.717, 1.165) is 34.7 Å². The molecule has 0 spiro atoms. The van der Waals surface area contributed by atoms with Crippen LogP contribution in [0.4, 0.5) is 0 Å². The zero-order valence-electron chi connectivity index (χ0n) is 19.3. The van der Waals surface area contributed by atoms with Crippen molar-refractivity contribution in [2.45, 2.75) is 33.4 Å². The molecule has 1 amide bonds. The largest absolute Gasteiger partial charge is 0.497 e. The number of hydrogen-bond acceptors (Lipinski definition) is 3. The predicted molar refractivity (Wildman–Crippen MR) is 132 cm³/mol. The molecule has 0 saturated heterocycles. The topological polar surface area (TPSA) is 56.2 Å². The zero-order chi connectivity index (χ0) is 23.2. The molecule has 33 heavy (non-hydrogen) atoms. The number of methoxy groups -OCH3 is 1. The minimum atomic E-state index is -0.147. The van der Waals surface area contributed by atoms with Crippen molar-refractivity contribution in [2.75, 3.05) is 7.11 Å². The molecule has 0 bridgehead atoms. The highest BCUT2D eigenvalue weighted by Gasteiger charge is 2.24. The van der Waals surface area contributed by atoms with Gasteiger partial charge in [-0.05, 0) is 42.7 Å². The molecule has 1 N–H and O–H groups in total. The first-order valence-corrected chi connectivity index (χ1v) is 11.3. The maximum Gasteiger partial charge on any atom is 0.270 e.